The van der Waals surface area contributed by atoms with Crippen LogP contribution in [0.1, 0.15) is 29.6 Å². The number of carboxylic acid groups (broad SMARTS) is 1. The van der Waals surface area contributed by atoms with Crippen molar-refractivity contribution in [2.75, 3.05) is 19.8 Å². The van der Waals surface area contributed by atoms with E-state index in [9.17, 15) is 14.0 Å². The van der Waals surface area contributed by atoms with Crippen molar-refractivity contribution in [1.29, 1.82) is 0 Å². The number of carbonyl (C=O) groups is 2. The smallest absolute Gasteiger partial charge is 0.305 e. The van der Waals surface area contributed by atoms with Crippen LogP contribution < -0.4 is 0 Å². The second kappa shape index (κ2) is 7.56. The van der Waals surface area contributed by atoms with Gasteiger partial charge in [-0.15, -0.1) is 0 Å². The highest BCUT2D eigenvalue weighted by atomic mass is 35.5. The van der Waals surface area contributed by atoms with E-state index in [1.807, 2.05) is 0 Å². The molecule has 120 valence electrons. The molecule has 1 amide bonds. The molecule has 1 aromatic carbocycles. The van der Waals surface area contributed by atoms with Gasteiger partial charge in [-0.2, -0.15) is 0 Å². The summed E-state index contributed by atoms with van der Waals surface area (Å²) in [7, 11) is 0. The minimum Gasteiger partial charge on any atom is -0.481 e. The molecular weight excluding hydrogens is 313 g/mol. The average molecular weight is 330 g/mol. The van der Waals surface area contributed by atoms with E-state index in [1.54, 1.807) is 0 Å². The number of amides is 1. The lowest BCUT2D eigenvalue weighted by Crippen LogP contribution is -2.44. The molecule has 0 unspecified atom stereocenters. The van der Waals surface area contributed by atoms with Gasteiger partial charge >= 0.3 is 5.97 Å². The van der Waals surface area contributed by atoms with Crippen molar-refractivity contribution in [2.24, 2.45) is 0 Å². The molecule has 0 aliphatic carbocycles. The van der Waals surface area contributed by atoms with Gasteiger partial charge in [0.15, 0.2) is 0 Å². The molecule has 1 aromatic rings. The summed E-state index contributed by atoms with van der Waals surface area (Å²) in [6.07, 6.45) is 1.02. The fourth-order valence-corrected chi connectivity index (χ4v) is 2.65. The maximum absolute atomic E-state index is 13.9. The van der Waals surface area contributed by atoms with E-state index >= 15 is 0 Å². The zero-order chi connectivity index (χ0) is 16.1. The Morgan fingerprint density at radius 1 is 1.36 bits per heavy atom. The van der Waals surface area contributed by atoms with Gasteiger partial charge in [0, 0.05) is 30.8 Å². The van der Waals surface area contributed by atoms with Crippen molar-refractivity contribution in [1.82, 2.24) is 4.90 Å². The van der Waals surface area contributed by atoms with E-state index < -0.39 is 17.7 Å². The van der Waals surface area contributed by atoms with E-state index in [0.29, 0.717) is 26.1 Å². The van der Waals surface area contributed by atoms with E-state index in [1.165, 1.54) is 17.0 Å². The molecule has 0 bridgehead atoms. The van der Waals surface area contributed by atoms with Gasteiger partial charge in [-0.25, -0.2) is 4.39 Å². The van der Waals surface area contributed by atoms with Crippen LogP contribution in [0.5, 0.6) is 0 Å². The summed E-state index contributed by atoms with van der Waals surface area (Å²) in [5.74, 6) is -2.20. The molecule has 7 heteroatoms. The number of hydrogen-bond acceptors (Lipinski definition) is 3. The first kappa shape index (κ1) is 16.7. The van der Waals surface area contributed by atoms with Crippen molar-refractivity contribution in [2.45, 2.75) is 25.3 Å². The van der Waals surface area contributed by atoms with Gasteiger partial charge in [-0.1, -0.05) is 11.6 Å². The summed E-state index contributed by atoms with van der Waals surface area (Å²) < 4.78 is 19.2. The quantitative estimate of drug-likeness (QED) is 0.901. The lowest BCUT2D eigenvalue weighted by molar-refractivity contribution is -0.137. The number of carboxylic acids is 1. The molecule has 1 fully saturated rings. The van der Waals surface area contributed by atoms with Crippen molar-refractivity contribution < 1.29 is 23.8 Å². The summed E-state index contributed by atoms with van der Waals surface area (Å²) in [5.41, 5.74) is -0.135. The predicted octanol–water partition coefficient (Wildman–Crippen LogP) is 2.58. The predicted molar refractivity (Wildman–Crippen MR) is 78.5 cm³/mol. The van der Waals surface area contributed by atoms with Crippen molar-refractivity contribution in [3.05, 3.63) is 34.6 Å². The fraction of sp³-hybridized carbons (Fsp3) is 0.467. The van der Waals surface area contributed by atoms with Gasteiger partial charge in [-0.3, -0.25) is 9.59 Å². The number of carbonyl (C=O) groups excluding carboxylic acids is 1. The number of aliphatic carboxylic acids is 1. The summed E-state index contributed by atoms with van der Waals surface area (Å²) in [6.45, 7) is 1.03. The molecule has 0 aromatic heterocycles. The molecule has 0 radical (unpaired) electrons. The van der Waals surface area contributed by atoms with Crippen molar-refractivity contribution >= 4 is 23.5 Å². The third-order valence-corrected chi connectivity index (χ3v) is 3.85. The van der Waals surface area contributed by atoms with Crippen LogP contribution in [0.3, 0.4) is 0 Å². The molecule has 0 saturated carbocycles. The molecule has 2 rings (SSSR count). The second-order valence-corrected chi connectivity index (χ2v) is 5.55. The molecule has 1 aliphatic rings. The Hall–Kier alpha value is -1.66. The molecule has 1 heterocycles. The zero-order valence-corrected chi connectivity index (χ0v) is 12.7. The fourth-order valence-electron chi connectivity index (χ4n) is 2.48. The molecule has 1 saturated heterocycles. The average Bonchev–Trinajstić information content (AvgIpc) is 2.50. The van der Waals surface area contributed by atoms with E-state index in [0.717, 1.165) is 6.07 Å². The van der Waals surface area contributed by atoms with Crippen molar-refractivity contribution in [3.8, 4) is 0 Å². The Bertz CT molecular complexity index is 560. The number of rotatable bonds is 5. The molecule has 0 spiro atoms. The van der Waals surface area contributed by atoms with Crippen molar-refractivity contribution in [3.63, 3.8) is 0 Å². The zero-order valence-electron chi connectivity index (χ0n) is 11.9. The number of halogens is 2. The Morgan fingerprint density at radius 2 is 2.05 bits per heavy atom. The van der Waals surface area contributed by atoms with Crippen LogP contribution in [0.25, 0.3) is 0 Å². The van der Waals surface area contributed by atoms with Crippen LogP contribution in [0, 0.1) is 5.82 Å². The van der Waals surface area contributed by atoms with Gasteiger partial charge < -0.3 is 14.7 Å². The maximum atomic E-state index is 13.9. The lowest BCUT2D eigenvalue weighted by Gasteiger charge is -2.34. The molecule has 22 heavy (non-hydrogen) atoms. The largest absolute Gasteiger partial charge is 0.481 e. The van der Waals surface area contributed by atoms with Gasteiger partial charge in [0.25, 0.3) is 5.91 Å². The number of nitrogens with zero attached hydrogens (tertiary/aromatic N) is 1. The number of ether oxygens (including phenoxy) is 1. The summed E-state index contributed by atoms with van der Waals surface area (Å²) in [4.78, 5) is 24.9. The minimum atomic E-state index is -1.00. The van der Waals surface area contributed by atoms with Crippen LogP contribution in [0.15, 0.2) is 18.2 Å². The first-order chi connectivity index (χ1) is 10.5. The minimum absolute atomic E-state index is 0.0325. The Morgan fingerprint density at radius 3 is 2.68 bits per heavy atom. The van der Waals surface area contributed by atoms with E-state index in [4.69, 9.17) is 21.4 Å². The summed E-state index contributed by atoms with van der Waals surface area (Å²) >= 11 is 5.83. The maximum Gasteiger partial charge on any atom is 0.305 e. The normalized spacial score (nSPS) is 15.5. The second-order valence-electron chi connectivity index (χ2n) is 5.11. The molecule has 0 atom stereocenters. The van der Waals surface area contributed by atoms with E-state index in [-0.39, 0.29) is 29.6 Å². The summed E-state index contributed by atoms with van der Waals surface area (Å²) in [6, 6.07) is 3.62. The van der Waals surface area contributed by atoms with Crippen LogP contribution in [-0.4, -0.2) is 47.7 Å². The number of hydrogen-bond donors (Lipinski definition) is 1. The molecular formula is C15H17ClFNO4. The van der Waals surface area contributed by atoms with Crippen LogP contribution in [-0.2, 0) is 9.53 Å². The molecule has 1 N–H and O–H groups in total. The Labute approximate surface area is 132 Å². The van der Waals surface area contributed by atoms with Crippen LogP contribution in [0.2, 0.25) is 5.02 Å². The monoisotopic (exact) mass is 329 g/mol. The highest BCUT2D eigenvalue weighted by Gasteiger charge is 2.28. The van der Waals surface area contributed by atoms with Gasteiger partial charge in [-0.05, 0) is 31.0 Å². The Balaban J connectivity index is 2.23. The first-order valence-electron chi connectivity index (χ1n) is 7.04. The highest BCUT2D eigenvalue weighted by molar-refractivity contribution is 6.31. The Kier molecular flexibility index (Phi) is 5.74. The van der Waals surface area contributed by atoms with Crippen LogP contribution >= 0.6 is 11.6 Å². The lowest BCUT2D eigenvalue weighted by atomic mass is 10.0. The van der Waals surface area contributed by atoms with Gasteiger partial charge in [0.05, 0.1) is 12.0 Å². The topological polar surface area (TPSA) is 66.8 Å². The van der Waals surface area contributed by atoms with E-state index in [2.05, 4.69) is 0 Å². The van der Waals surface area contributed by atoms with Gasteiger partial charge in [0.2, 0.25) is 0 Å². The first-order valence-corrected chi connectivity index (χ1v) is 7.42. The SMILES string of the molecule is O=C(O)CCN(C(=O)c1cc(Cl)ccc1F)C1CCOCC1. The number of benzene rings is 1. The third-order valence-electron chi connectivity index (χ3n) is 3.62. The van der Waals surface area contributed by atoms with Crippen LogP contribution in [0.4, 0.5) is 4.39 Å². The molecule has 5 nitrogen and oxygen atoms in total. The highest BCUT2D eigenvalue weighted by Crippen LogP contribution is 2.21. The third kappa shape index (κ3) is 4.18. The van der Waals surface area contributed by atoms with Gasteiger partial charge in [0.1, 0.15) is 5.82 Å². The summed E-state index contributed by atoms with van der Waals surface area (Å²) in [5, 5.41) is 9.11. The molecule has 1 aliphatic heterocycles. The standard InChI is InChI=1S/C15H17ClFNO4/c16-10-1-2-13(17)12(9-10)15(21)18(6-3-14(19)20)11-4-7-22-8-5-11/h1-2,9,11H,3-8H2,(H,19,20).